The van der Waals surface area contributed by atoms with E-state index in [-0.39, 0.29) is 0 Å². The van der Waals surface area contributed by atoms with E-state index in [0.717, 1.165) is 16.7 Å². The van der Waals surface area contributed by atoms with E-state index in [1.54, 1.807) is 0 Å². The van der Waals surface area contributed by atoms with Crippen LogP contribution in [0.5, 0.6) is 0 Å². The average Bonchev–Trinajstić information content (AvgIpc) is 2.65. The lowest BCUT2D eigenvalue weighted by Gasteiger charge is -2.44. The van der Waals surface area contributed by atoms with Gasteiger partial charge in [0.05, 0.1) is 10.2 Å². The summed E-state index contributed by atoms with van der Waals surface area (Å²) < 4.78 is -1.04. The van der Waals surface area contributed by atoms with Crippen LogP contribution in [0.25, 0.3) is 0 Å². The van der Waals surface area contributed by atoms with Crippen LogP contribution in [0, 0.1) is 0 Å². The molecule has 1 radical (unpaired) electrons. The predicted octanol–water partition coefficient (Wildman–Crippen LogP) is 4.82. The molecule has 1 nitrogen and oxygen atoms in total. The van der Waals surface area contributed by atoms with Crippen molar-refractivity contribution in [1.82, 2.24) is 0 Å². The molecule has 0 saturated carbocycles. The molecule has 3 aromatic carbocycles. The maximum absolute atomic E-state index is 12.0. The van der Waals surface area contributed by atoms with Crippen LogP contribution >= 0.6 is 12.6 Å². The maximum atomic E-state index is 12.0. The SMILES string of the molecule is C[C@@](S)([C]=O)C(c1ccccc1)(c1ccccc1)c1ccccc1. The highest BCUT2D eigenvalue weighted by Gasteiger charge is 2.50. The summed E-state index contributed by atoms with van der Waals surface area (Å²) in [5.41, 5.74) is 2.32. The van der Waals surface area contributed by atoms with Gasteiger partial charge in [-0.25, -0.2) is 0 Å². The van der Waals surface area contributed by atoms with Crippen molar-refractivity contribution in [3.63, 3.8) is 0 Å². The van der Waals surface area contributed by atoms with Crippen molar-refractivity contribution in [3.8, 4) is 0 Å². The largest absolute Gasteiger partial charge is 0.289 e. The molecule has 0 aliphatic carbocycles. The Morgan fingerprint density at radius 1 is 0.667 bits per heavy atom. The standard InChI is InChI=1S/C22H19OS/c1-21(24,17-23)22(18-11-5-2-6-12-18,19-13-7-3-8-14-19)20-15-9-4-10-16-20/h2-16,24H,1H3/t21-/m1/s1. The van der Waals surface area contributed by atoms with E-state index < -0.39 is 10.2 Å². The molecule has 0 bridgehead atoms. The smallest absolute Gasteiger partial charge is 0.216 e. The molecule has 0 fully saturated rings. The van der Waals surface area contributed by atoms with Crippen molar-refractivity contribution in [2.75, 3.05) is 0 Å². The lowest BCUT2D eigenvalue weighted by atomic mass is 9.62. The first kappa shape index (κ1) is 16.5. The number of hydrogen-bond acceptors (Lipinski definition) is 2. The molecule has 0 spiro atoms. The second kappa shape index (κ2) is 6.66. The van der Waals surface area contributed by atoms with Crippen molar-refractivity contribution in [2.45, 2.75) is 17.1 Å². The Morgan fingerprint density at radius 3 is 1.21 bits per heavy atom. The van der Waals surface area contributed by atoms with E-state index in [0.29, 0.717) is 0 Å². The third-order valence-corrected chi connectivity index (χ3v) is 4.98. The van der Waals surface area contributed by atoms with Crippen molar-refractivity contribution in [1.29, 1.82) is 0 Å². The molecule has 0 aliphatic rings. The fourth-order valence-electron chi connectivity index (χ4n) is 3.48. The highest BCUT2D eigenvalue weighted by atomic mass is 32.1. The predicted molar refractivity (Wildman–Crippen MR) is 102 cm³/mol. The minimum atomic E-state index is -1.04. The van der Waals surface area contributed by atoms with Crippen LogP contribution in [0.1, 0.15) is 23.6 Å². The van der Waals surface area contributed by atoms with Gasteiger partial charge in [-0.1, -0.05) is 91.0 Å². The second-order valence-electron chi connectivity index (χ2n) is 6.02. The number of carbonyl (C=O) groups excluding carboxylic acids is 1. The van der Waals surface area contributed by atoms with Crippen molar-refractivity contribution < 1.29 is 4.79 Å². The molecular formula is C22H19OS. The summed E-state index contributed by atoms with van der Waals surface area (Å²) in [6.07, 6.45) is 2.19. The third kappa shape index (κ3) is 2.57. The van der Waals surface area contributed by atoms with Crippen molar-refractivity contribution in [2.24, 2.45) is 0 Å². The van der Waals surface area contributed by atoms with Gasteiger partial charge in [0.15, 0.2) is 0 Å². The number of benzene rings is 3. The van der Waals surface area contributed by atoms with Gasteiger partial charge in [0, 0.05) is 0 Å². The summed E-state index contributed by atoms with van der Waals surface area (Å²) in [4.78, 5) is 12.0. The molecule has 3 aromatic rings. The van der Waals surface area contributed by atoms with E-state index in [2.05, 4.69) is 6.29 Å². The Morgan fingerprint density at radius 2 is 0.958 bits per heavy atom. The molecule has 0 aromatic heterocycles. The molecule has 0 aliphatic heterocycles. The fourth-order valence-corrected chi connectivity index (χ4v) is 3.87. The zero-order valence-electron chi connectivity index (χ0n) is 13.5. The van der Waals surface area contributed by atoms with Gasteiger partial charge in [-0.05, 0) is 23.6 Å². The number of hydrogen-bond donors (Lipinski definition) is 1. The van der Waals surface area contributed by atoms with Crippen LogP contribution in [-0.2, 0) is 10.2 Å². The van der Waals surface area contributed by atoms with E-state index in [4.69, 9.17) is 12.6 Å². The number of rotatable bonds is 5. The first-order valence-corrected chi connectivity index (χ1v) is 8.36. The Kier molecular flexibility index (Phi) is 4.59. The van der Waals surface area contributed by atoms with E-state index >= 15 is 0 Å². The zero-order chi connectivity index (χ0) is 17.0. The van der Waals surface area contributed by atoms with Crippen LogP contribution in [0.3, 0.4) is 0 Å². The first-order chi connectivity index (χ1) is 11.6. The maximum Gasteiger partial charge on any atom is 0.216 e. The summed E-state index contributed by atoms with van der Waals surface area (Å²) in [6.45, 7) is 1.83. The van der Waals surface area contributed by atoms with Gasteiger partial charge >= 0.3 is 0 Å². The molecule has 0 amide bonds. The lowest BCUT2D eigenvalue weighted by molar-refractivity contribution is 0.486. The Hall–Kier alpha value is -2.32. The molecule has 0 N–H and O–H groups in total. The second-order valence-corrected chi connectivity index (χ2v) is 6.92. The summed E-state index contributed by atoms with van der Waals surface area (Å²) in [5, 5.41) is 0. The monoisotopic (exact) mass is 331 g/mol. The molecule has 1 atom stereocenters. The normalized spacial score (nSPS) is 13.9. The molecule has 0 saturated heterocycles. The van der Waals surface area contributed by atoms with Crippen LogP contribution in [0.15, 0.2) is 91.0 Å². The van der Waals surface area contributed by atoms with Gasteiger partial charge in [0.1, 0.15) is 0 Å². The molecule has 2 heteroatoms. The van der Waals surface area contributed by atoms with Crippen LogP contribution in [0.2, 0.25) is 0 Å². The van der Waals surface area contributed by atoms with Gasteiger partial charge in [-0.15, -0.1) is 0 Å². The Balaban J connectivity index is 2.45. The molecule has 119 valence electrons. The van der Waals surface area contributed by atoms with Crippen LogP contribution in [-0.4, -0.2) is 11.0 Å². The van der Waals surface area contributed by atoms with Crippen LogP contribution < -0.4 is 0 Å². The zero-order valence-corrected chi connectivity index (χ0v) is 14.4. The van der Waals surface area contributed by atoms with Gasteiger partial charge in [-0.2, -0.15) is 12.6 Å². The number of thiol groups is 1. The summed E-state index contributed by atoms with van der Waals surface area (Å²) in [5.74, 6) is 0. The quantitative estimate of drug-likeness (QED) is 0.524. The molecule has 24 heavy (non-hydrogen) atoms. The first-order valence-electron chi connectivity index (χ1n) is 7.91. The highest BCUT2D eigenvalue weighted by Crippen LogP contribution is 2.49. The van der Waals surface area contributed by atoms with Crippen LogP contribution in [0.4, 0.5) is 0 Å². The van der Waals surface area contributed by atoms with Gasteiger partial charge in [-0.3, -0.25) is 4.79 Å². The Labute approximate surface area is 148 Å². The Bertz CT molecular complexity index is 698. The van der Waals surface area contributed by atoms with Crippen molar-refractivity contribution >= 4 is 18.9 Å². The van der Waals surface area contributed by atoms with Gasteiger partial charge in [0.25, 0.3) is 0 Å². The minimum absolute atomic E-state index is 0.734. The van der Waals surface area contributed by atoms with E-state index in [1.165, 1.54) is 0 Å². The van der Waals surface area contributed by atoms with Crippen molar-refractivity contribution in [3.05, 3.63) is 108 Å². The molecule has 0 heterocycles. The van der Waals surface area contributed by atoms with Gasteiger partial charge in [0.2, 0.25) is 6.29 Å². The minimum Gasteiger partial charge on any atom is -0.289 e. The highest BCUT2D eigenvalue weighted by molar-refractivity contribution is 7.82. The molecule has 3 rings (SSSR count). The van der Waals surface area contributed by atoms with Gasteiger partial charge < -0.3 is 0 Å². The van der Waals surface area contributed by atoms with E-state index in [1.807, 2.05) is 97.9 Å². The average molecular weight is 331 g/mol. The topological polar surface area (TPSA) is 17.1 Å². The summed E-state index contributed by atoms with van der Waals surface area (Å²) in [7, 11) is 0. The summed E-state index contributed by atoms with van der Waals surface area (Å²) >= 11 is 4.78. The third-order valence-electron chi connectivity index (χ3n) is 4.55. The lowest BCUT2D eigenvalue weighted by Crippen LogP contribution is -2.48. The molecule has 0 unspecified atom stereocenters. The van der Waals surface area contributed by atoms with E-state index in [9.17, 15) is 4.79 Å². The molecular weight excluding hydrogens is 312 g/mol. The fraction of sp³-hybridized carbons (Fsp3) is 0.136. The summed E-state index contributed by atoms with van der Waals surface area (Å²) in [6, 6.07) is 30.2.